The van der Waals surface area contributed by atoms with Crippen LogP contribution in [0.1, 0.15) is 5.56 Å². The van der Waals surface area contributed by atoms with E-state index in [1.807, 2.05) is 49.1 Å². The van der Waals surface area contributed by atoms with Gasteiger partial charge >= 0.3 is 0 Å². The molecule has 1 N–H and O–H groups in total. The molecule has 1 aromatic carbocycles. The lowest BCUT2D eigenvalue weighted by molar-refractivity contribution is 1.26. The number of anilines is 1. The van der Waals surface area contributed by atoms with E-state index >= 15 is 0 Å². The maximum absolute atomic E-state index is 4.52. The summed E-state index contributed by atoms with van der Waals surface area (Å²) in [6.07, 6.45) is 8.93. The fraction of sp³-hybridized carbons (Fsp3) is 0.0455. The predicted molar refractivity (Wildman–Crippen MR) is 107 cm³/mol. The molecular formula is C22H18N4. The second-order valence-electron chi connectivity index (χ2n) is 6.01. The Morgan fingerprint density at radius 1 is 0.846 bits per heavy atom. The molecule has 0 spiro atoms. The third kappa shape index (κ3) is 2.82. The van der Waals surface area contributed by atoms with Crippen LogP contribution in [-0.2, 0) is 0 Å². The Bertz CT molecular complexity index is 1090. The fourth-order valence-corrected chi connectivity index (χ4v) is 3.19. The first kappa shape index (κ1) is 16.0. The van der Waals surface area contributed by atoms with E-state index in [2.05, 4.69) is 52.0 Å². The van der Waals surface area contributed by atoms with Crippen molar-refractivity contribution in [2.24, 2.45) is 0 Å². The zero-order valence-corrected chi connectivity index (χ0v) is 14.5. The highest BCUT2D eigenvalue weighted by Gasteiger charge is 2.10. The molecule has 0 fully saturated rings. The summed E-state index contributed by atoms with van der Waals surface area (Å²) < 4.78 is 0. The van der Waals surface area contributed by atoms with Gasteiger partial charge in [0.15, 0.2) is 0 Å². The maximum atomic E-state index is 4.52. The van der Waals surface area contributed by atoms with Gasteiger partial charge in [-0.3, -0.25) is 9.97 Å². The van der Waals surface area contributed by atoms with Crippen molar-refractivity contribution in [1.82, 2.24) is 15.0 Å². The molecule has 0 radical (unpaired) electrons. The van der Waals surface area contributed by atoms with Gasteiger partial charge in [0.1, 0.15) is 5.82 Å². The van der Waals surface area contributed by atoms with E-state index in [1.165, 1.54) is 0 Å². The minimum Gasteiger partial charge on any atom is -0.347 e. The Morgan fingerprint density at radius 3 is 2.42 bits per heavy atom. The van der Waals surface area contributed by atoms with Gasteiger partial charge in [0.05, 0.1) is 5.52 Å². The summed E-state index contributed by atoms with van der Waals surface area (Å²) in [6.45, 7) is 5.78. The van der Waals surface area contributed by atoms with Gasteiger partial charge in [0.25, 0.3) is 0 Å². The lowest BCUT2D eigenvalue weighted by Crippen LogP contribution is -1.96. The molecule has 4 heteroatoms. The molecule has 4 nitrogen and oxygen atoms in total. The number of pyridine rings is 3. The highest BCUT2D eigenvalue weighted by Crippen LogP contribution is 2.33. The summed E-state index contributed by atoms with van der Waals surface area (Å²) >= 11 is 0. The molecule has 0 saturated heterocycles. The number of hydrogen-bond donors (Lipinski definition) is 1. The first-order valence-corrected chi connectivity index (χ1v) is 8.40. The second kappa shape index (κ2) is 6.76. The predicted octanol–water partition coefficient (Wildman–Crippen LogP) is 5.22. The molecule has 0 amide bonds. The Labute approximate surface area is 152 Å². The zero-order chi connectivity index (χ0) is 17.9. The normalized spacial score (nSPS) is 10.7. The zero-order valence-electron chi connectivity index (χ0n) is 14.5. The molecule has 0 bridgehead atoms. The third-order valence-corrected chi connectivity index (χ3v) is 4.49. The minimum atomic E-state index is 0.818. The van der Waals surface area contributed by atoms with Crippen molar-refractivity contribution in [2.75, 3.05) is 5.32 Å². The number of fused-ring (bicyclic) bond motifs is 1. The molecule has 126 valence electrons. The quantitative estimate of drug-likeness (QED) is 0.554. The van der Waals surface area contributed by atoms with Crippen LogP contribution in [0.4, 0.5) is 5.82 Å². The van der Waals surface area contributed by atoms with Gasteiger partial charge in [0.2, 0.25) is 0 Å². The van der Waals surface area contributed by atoms with Crippen molar-refractivity contribution in [2.45, 2.75) is 6.92 Å². The minimum absolute atomic E-state index is 0.818. The van der Waals surface area contributed by atoms with Crippen LogP contribution in [0.15, 0.2) is 80.0 Å². The smallest absolute Gasteiger partial charge is 0.133 e. The lowest BCUT2D eigenvalue weighted by Gasteiger charge is -2.12. The fourth-order valence-electron chi connectivity index (χ4n) is 3.19. The molecule has 3 heterocycles. The highest BCUT2D eigenvalue weighted by molar-refractivity contribution is 5.97. The van der Waals surface area contributed by atoms with Crippen LogP contribution in [0.25, 0.3) is 33.2 Å². The van der Waals surface area contributed by atoms with Gasteiger partial charge in [-0.15, -0.1) is 0 Å². The Morgan fingerprint density at radius 2 is 1.62 bits per heavy atom. The monoisotopic (exact) mass is 338 g/mol. The molecule has 4 aromatic rings. The van der Waals surface area contributed by atoms with Crippen LogP contribution in [0.3, 0.4) is 0 Å². The number of aromatic nitrogens is 3. The van der Waals surface area contributed by atoms with Gasteiger partial charge < -0.3 is 5.32 Å². The SMILES string of the molecule is C=CNc1nccc(-c2ccc3nccc(-c4ccncc4)c3c2)c1C. The van der Waals surface area contributed by atoms with Crippen molar-refractivity contribution in [3.63, 3.8) is 0 Å². The van der Waals surface area contributed by atoms with Crippen LogP contribution < -0.4 is 5.32 Å². The van der Waals surface area contributed by atoms with Crippen LogP contribution in [0.5, 0.6) is 0 Å². The molecule has 26 heavy (non-hydrogen) atoms. The average Bonchev–Trinajstić information content (AvgIpc) is 2.69. The molecule has 0 unspecified atom stereocenters. The van der Waals surface area contributed by atoms with Crippen LogP contribution in [0.2, 0.25) is 0 Å². The molecule has 3 aromatic heterocycles. The van der Waals surface area contributed by atoms with Gasteiger partial charge in [-0.25, -0.2) is 4.98 Å². The van der Waals surface area contributed by atoms with Gasteiger partial charge in [-0.2, -0.15) is 0 Å². The topological polar surface area (TPSA) is 50.7 Å². The first-order valence-electron chi connectivity index (χ1n) is 8.40. The number of benzene rings is 1. The molecule has 0 aliphatic rings. The van der Waals surface area contributed by atoms with Crippen LogP contribution >= 0.6 is 0 Å². The van der Waals surface area contributed by atoms with Crippen molar-refractivity contribution in [3.8, 4) is 22.3 Å². The van der Waals surface area contributed by atoms with E-state index < -0.39 is 0 Å². The second-order valence-corrected chi connectivity index (χ2v) is 6.01. The Balaban J connectivity index is 1.91. The van der Waals surface area contributed by atoms with Gasteiger partial charge in [-0.1, -0.05) is 12.6 Å². The summed E-state index contributed by atoms with van der Waals surface area (Å²) in [4.78, 5) is 13.0. The van der Waals surface area contributed by atoms with Crippen molar-refractivity contribution >= 4 is 16.7 Å². The molecule has 0 saturated carbocycles. The van der Waals surface area contributed by atoms with Crippen molar-refractivity contribution < 1.29 is 0 Å². The number of nitrogens with zero attached hydrogens (tertiary/aromatic N) is 3. The van der Waals surface area contributed by atoms with Crippen LogP contribution in [0, 0.1) is 6.92 Å². The summed E-state index contributed by atoms with van der Waals surface area (Å²) in [7, 11) is 0. The van der Waals surface area contributed by atoms with E-state index in [0.717, 1.165) is 44.5 Å². The van der Waals surface area contributed by atoms with E-state index in [4.69, 9.17) is 0 Å². The molecular weight excluding hydrogens is 320 g/mol. The first-order chi connectivity index (χ1) is 12.8. The lowest BCUT2D eigenvalue weighted by atomic mass is 9.96. The molecule has 0 aliphatic carbocycles. The summed E-state index contributed by atoms with van der Waals surface area (Å²) in [5, 5.41) is 4.21. The number of nitrogens with one attached hydrogen (secondary N) is 1. The van der Waals surface area contributed by atoms with Crippen LogP contribution in [-0.4, -0.2) is 15.0 Å². The van der Waals surface area contributed by atoms with E-state index in [1.54, 1.807) is 6.20 Å². The van der Waals surface area contributed by atoms with E-state index in [9.17, 15) is 0 Å². The van der Waals surface area contributed by atoms with Crippen molar-refractivity contribution in [3.05, 3.63) is 85.6 Å². The standard InChI is InChI=1S/C22H18N4/c1-3-24-22-15(2)18(8-13-26-22)17-4-5-21-20(14-17)19(9-12-25-21)16-6-10-23-11-7-16/h3-14H,1H2,2H3,(H,24,26). The molecule has 0 atom stereocenters. The maximum Gasteiger partial charge on any atom is 0.133 e. The number of hydrogen-bond acceptors (Lipinski definition) is 4. The van der Waals surface area contributed by atoms with Crippen molar-refractivity contribution in [1.29, 1.82) is 0 Å². The summed E-state index contributed by atoms with van der Waals surface area (Å²) in [6, 6.07) is 14.5. The average molecular weight is 338 g/mol. The van der Waals surface area contributed by atoms with E-state index in [0.29, 0.717) is 0 Å². The molecule has 0 aliphatic heterocycles. The summed E-state index contributed by atoms with van der Waals surface area (Å²) in [5.41, 5.74) is 6.60. The third-order valence-electron chi connectivity index (χ3n) is 4.49. The van der Waals surface area contributed by atoms with E-state index in [-0.39, 0.29) is 0 Å². The highest BCUT2D eigenvalue weighted by atomic mass is 15.0. The Hall–Kier alpha value is -3.53. The summed E-state index contributed by atoms with van der Waals surface area (Å²) in [5.74, 6) is 0.818. The van der Waals surface area contributed by atoms with Gasteiger partial charge in [0, 0.05) is 30.2 Å². The molecule has 4 rings (SSSR count). The number of rotatable bonds is 4. The largest absolute Gasteiger partial charge is 0.347 e. The van der Waals surface area contributed by atoms with Gasteiger partial charge in [-0.05, 0) is 77.3 Å². The Kier molecular flexibility index (Phi) is 4.15.